The fraction of sp³-hybridized carbons (Fsp3) is 0.448. The van der Waals surface area contributed by atoms with Crippen LogP contribution in [0.2, 0.25) is 0 Å². The summed E-state index contributed by atoms with van der Waals surface area (Å²) in [6.45, 7) is 9.82. The molecular weight excluding hydrogens is 489 g/mol. The number of fused-ring (bicyclic) bond motifs is 2. The molecule has 1 atom stereocenters. The number of nitrogens with zero attached hydrogens (tertiary/aromatic N) is 3. The van der Waals surface area contributed by atoms with Gasteiger partial charge in [0, 0.05) is 54.9 Å². The van der Waals surface area contributed by atoms with Crippen LogP contribution in [0.15, 0.2) is 41.8 Å². The van der Waals surface area contributed by atoms with Gasteiger partial charge in [-0.2, -0.15) is 0 Å². The minimum absolute atomic E-state index is 0.0121. The maximum atomic E-state index is 14.2. The molecule has 37 heavy (non-hydrogen) atoms. The van der Waals surface area contributed by atoms with Gasteiger partial charge in [0.25, 0.3) is 0 Å². The molecule has 2 aliphatic heterocycles. The number of halogens is 1. The number of esters is 1. The lowest BCUT2D eigenvalue weighted by Gasteiger charge is -2.36. The van der Waals surface area contributed by atoms with Gasteiger partial charge in [-0.25, -0.2) is 4.39 Å². The molecule has 0 aliphatic carbocycles. The van der Waals surface area contributed by atoms with E-state index in [0.717, 1.165) is 71.7 Å². The van der Waals surface area contributed by atoms with E-state index in [1.54, 1.807) is 49.1 Å². The summed E-state index contributed by atoms with van der Waals surface area (Å²) in [4.78, 5) is 31.3. The number of amides is 1. The van der Waals surface area contributed by atoms with E-state index in [2.05, 4.69) is 34.1 Å². The Hall–Kier alpha value is -2.97. The number of hydrogen-bond acceptors (Lipinski definition) is 6. The first-order valence-electron chi connectivity index (χ1n) is 13.1. The third-order valence-electron chi connectivity index (χ3n) is 7.35. The summed E-state index contributed by atoms with van der Waals surface area (Å²) in [6.07, 6.45) is 1.35. The van der Waals surface area contributed by atoms with Crippen molar-refractivity contribution in [3.05, 3.63) is 58.7 Å². The van der Waals surface area contributed by atoms with Crippen LogP contribution in [-0.4, -0.2) is 55.7 Å². The van der Waals surface area contributed by atoms with E-state index in [-0.39, 0.29) is 23.6 Å². The largest absolute Gasteiger partial charge is 0.441 e. The quantitative estimate of drug-likeness (QED) is 0.397. The van der Waals surface area contributed by atoms with Crippen LogP contribution in [0.4, 0.5) is 15.8 Å². The number of hydrogen-bond donors (Lipinski definition) is 0. The second-order valence-corrected chi connectivity index (χ2v) is 11.2. The topological polar surface area (TPSA) is 53.1 Å². The summed E-state index contributed by atoms with van der Waals surface area (Å²) in [7, 11) is 0. The summed E-state index contributed by atoms with van der Waals surface area (Å²) in [5.74, 6) is -0.742. The molecule has 3 aromatic rings. The number of aryl methyl sites for hydroxylation is 1. The van der Waals surface area contributed by atoms with E-state index in [0.29, 0.717) is 12.8 Å². The maximum absolute atomic E-state index is 14.2. The molecule has 196 valence electrons. The number of carbonyl (C=O) groups is 2. The van der Waals surface area contributed by atoms with Crippen molar-refractivity contribution in [1.29, 1.82) is 0 Å². The van der Waals surface area contributed by atoms with Crippen LogP contribution in [-0.2, 0) is 27.2 Å². The smallest absolute Gasteiger partial charge is 0.310 e. The third kappa shape index (κ3) is 5.50. The lowest BCUT2D eigenvalue weighted by molar-refractivity contribution is -0.152. The molecule has 0 radical (unpaired) electrons. The highest BCUT2D eigenvalue weighted by Gasteiger charge is 2.31. The second-order valence-electron chi connectivity index (χ2n) is 10.3. The molecule has 0 spiro atoms. The van der Waals surface area contributed by atoms with Crippen molar-refractivity contribution in [2.24, 2.45) is 5.92 Å². The Bertz CT molecular complexity index is 1300. The molecule has 1 amide bonds. The first kappa shape index (κ1) is 25.7. The van der Waals surface area contributed by atoms with Crippen molar-refractivity contribution in [3.63, 3.8) is 0 Å². The van der Waals surface area contributed by atoms with Crippen LogP contribution >= 0.6 is 11.3 Å². The first-order chi connectivity index (χ1) is 17.8. The fourth-order valence-corrected chi connectivity index (χ4v) is 6.06. The van der Waals surface area contributed by atoms with E-state index in [4.69, 9.17) is 4.74 Å². The molecule has 5 rings (SSSR count). The summed E-state index contributed by atoms with van der Waals surface area (Å²) in [5, 5.41) is 3.15. The average molecular weight is 524 g/mol. The van der Waals surface area contributed by atoms with Crippen LogP contribution < -0.4 is 9.80 Å². The van der Waals surface area contributed by atoms with Crippen LogP contribution in [0.1, 0.15) is 38.3 Å². The molecule has 1 aromatic heterocycles. The summed E-state index contributed by atoms with van der Waals surface area (Å²) >= 11 is 1.58. The molecule has 1 unspecified atom stereocenters. The Morgan fingerprint density at radius 2 is 1.81 bits per heavy atom. The van der Waals surface area contributed by atoms with Gasteiger partial charge in [0.05, 0.1) is 11.6 Å². The van der Waals surface area contributed by atoms with Gasteiger partial charge in [0.2, 0.25) is 5.91 Å². The summed E-state index contributed by atoms with van der Waals surface area (Å²) in [5.41, 5.74) is 4.11. The summed E-state index contributed by atoms with van der Waals surface area (Å²) < 4.78 is 20.7. The number of thiophene rings is 1. The van der Waals surface area contributed by atoms with E-state index in [9.17, 15) is 14.0 Å². The zero-order valence-corrected chi connectivity index (χ0v) is 22.5. The Kier molecular flexibility index (Phi) is 7.49. The van der Waals surface area contributed by atoms with Crippen molar-refractivity contribution in [1.82, 2.24) is 4.90 Å². The van der Waals surface area contributed by atoms with Crippen molar-refractivity contribution < 1.29 is 18.7 Å². The Morgan fingerprint density at radius 1 is 1.03 bits per heavy atom. The first-order valence-corrected chi connectivity index (χ1v) is 14.0. The lowest BCUT2D eigenvalue weighted by atomic mass is 9.97. The van der Waals surface area contributed by atoms with Gasteiger partial charge in [-0.3, -0.25) is 19.4 Å². The number of benzene rings is 2. The zero-order chi connectivity index (χ0) is 26.1. The van der Waals surface area contributed by atoms with Gasteiger partial charge in [-0.05, 0) is 60.5 Å². The SMILES string of the molecule is CC(C)C(=O)OC(C)N1C(=O)CCc2ccc(CCN3CCN(c4cc(F)cc5sccc45)CC3)cc21. The monoisotopic (exact) mass is 523 g/mol. The molecule has 1 fully saturated rings. The highest BCUT2D eigenvalue weighted by molar-refractivity contribution is 7.17. The van der Waals surface area contributed by atoms with Crippen molar-refractivity contribution in [2.75, 3.05) is 42.5 Å². The molecule has 3 heterocycles. The van der Waals surface area contributed by atoms with Crippen molar-refractivity contribution >= 4 is 44.7 Å². The molecule has 2 aliphatic rings. The molecule has 0 bridgehead atoms. The molecule has 6 nitrogen and oxygen atoms in total. The number of carbonyl (C=O) groups excluding carboxylic acids is 2. The predicted molar refractivity (Wildman–Crippen MR) is 147 cm³/mol. The number of piperazine rings is 1. The lowest BCUT2D eigenvalue weighted by Crippen LogP contribution is -2.47. The number of ether oxygens (including phenoxy) is 1. The molecule has 0 N–H and O–H groups in total. The van der Waals surface area contributed by atoms with Gasteiger partial charge >= 0.3 is 5.97 Å². The van der Waals surface area contributed by atoms with Crippen molar-refractivity contribution in [3.8, 4) is 0 Å². The van der Waals surface area contributed by atoms with Gasteiger partial charge in [0.15, 0.2) is 6.23 Å². The van der Waals surface area contributed by atoms with E-state index >= 15 is 0 Å². The Balaban J connectivity index is 1.22. The molecular formula is C29H34FN3O3S. The second kappa shape index (κ2) is 10.8. The van der Waals surface area contributed by atoms with E-state index in [1.165, 1.54) is 0 Å². The molecule has 1 saturated heterocycles. The van der Waals surface area contributed by atoms with Gasteiger partial charge < -0.3 is 9.64 Å². The Morgan fingerprint density at radius 3 is 2.57 bits per heavy atom. The molecule has 8 heteroatoms. The Labute approximate surface area is 221 Å². The van der Waals surface area contributed by atoms with Crippen LogP contribution in [0.5, 0.6) is 0 Å². The van der Waals surface area contributed by atoms with Crippen molar-refractivity contribution in [2.45, 2.75) is 46.3 Å². The summed E-state index contributed by atoms with van der Waals surface area (Å²) in [6, 6.07) is 11.7. The predicted octanol–water partition coefficient (Wildman–Crippen LogP) is 5.23. The standard InChI is InChI=1S/C29H34FN3O3S/c1-19(2)29(35)36-20(3)33-25-16-21(4-5-22(25)6-7-28(33)34)8-10-31-11-13-32(14-12-31)26-17-23(30)18-27-24(26)9-15-37-27/h4-5,9,15-20H,6-8,10-14H2,1-3H3. The van der Waals surface area contributed by atoms with Crippen LogP contribution in [0, 0.1) is 11.7 Å². The zero-order valence-electron chi connectivity index (χ0n) is 21.7. The fourth-order valence-electron chi connectivity index (χ4n) is 5.23. The van der Waals surface area contributed by atoms with E-state index in [1.807, 2.05) is 5.38 Å². The van der Waals surface area contributed by atoms with Gasteiger partial charge in [0.1, 0.15) is 5.82 Å². The molecule has 2 aromatic carbocycles. The maximum Gasteiger partial charge on any atom is 0.310 e. The minimum atomic E-state index is -0.637. The average Bonchev–Trinajstić information content (AvgIpc) is 3.35. The normalized spacial score (nSPS) is 17.4. The molecule has 0 saturated carbocycles. The van der Waals surface area contributed by atoms with Crippen LogP contribution in [0.25, 0.3) is 10.1 Å². The van der Waals surface area contributed by atoms with Gasteiger partial charge in [-0.15, -0.1) is 11.3 Å². The minimum Gasteiger partial charge on any atom is -0.441 e. The highest BCUT2D eigenvalue weighted by Crippen LogP contribution is 2.33. The highest BCUT2D eigenvalue weighted by atomic mass is 32.1. The third-order valence-corrected chi connectivity index (χ3v) is 8.22. The van der Waals surface area contributed by atoms with Crippen LogP contribution in [0.3, 0.4) is 0 Å². The van der Waals surface area contributed by atoms with E-state index < -0.39 is 6.23 Å². The number of rotatable bonds is 7. The van der Waals surface area contributed by atoms with Gasteiger partial charge in [-0.1, -0.05) is 26.0 Å². The number of anilines is 2.